The standard InChI is InChI=1S/C19H22O5/c1-9-3-5-11-7-10-4-6-13(23-2)16-15(10)18(9)17(24-16)12(20)8-14(21)19(11,18)22/h4,6,9,11,14,17,21-22H,3,5,7-8H2,1-2H3/t9-,11+,14+,17-,18-,19-/m0/s1. The quantitative estimate of drug-likeness (QED) is 0.813. The predicted molar refractivity (Wildman–Crippen MR) is 85.3 cm³/mol. The van der Waals surface area contributed by atoms with Gasteiger partial charge in [-0.05, 0) is 42.7 Å². The van der Waals surface area contributed by atoms with E-state index in [0.29, 0.717) is 17.9 Å². The summed E-state index contributed by atoms with van der Waals surface area (Å²) >= 11 is 0. The minimum atomic E-state index is -1.31. The Morgan fingerprint density at radius 1 is 1.29 bits per heavy atom. The molecule has 2 N–H and O–H groups in total. The number of carbonyl (C=O) groups excluding carboxylic acids is 1. The maximum Gasteiger partial charge on any atom is 0.177 e. The zero-order valence-electron chi connectivity index (χ0n) is 13.9. The number of aliphatic hydroxyl groups is 2. The lowest BCUT2D eigenvalue weighted by Gasteiger charge is -2.63. The van der Waals surface area contributed by atoms with E-state index in [1.54, 1.807) is 7.11 Å². The highest BCUT2D eigenvalue weighted by Gasteiger charge is 2.76. The van der Waals surface area contributed by atoms with E-state index in [1.807, 2.05) is 12.1 Å². The summed E-state index contributed by atoms with van der Waals surface area (Å²) in [5.41, 5.74) is -0.142. The number of benzene rings is 1. The third kappa shape index (κ3) is 1.28. The zero-order chi connectivity index (χ0) is 16.9. The molecule has 24 heavy (non-hydrogen) atoms. The molecule has 128 valence electrons. The minimum absolute atomic E-state index is 0.0439. The SMILES string of the molecule is COc1ccc2c3c1O[C@H]1C(=O)C[C@@H](O)[C@@]4(O)[C@H](CC[C@H](C)[C@]314)C2. The molecule has 1 heterocycles. The Labute approximate surface area is 140 Å². The molecule has 0 unspecified atom stereocenters. The van der Waals surface area contributed by atoms with Gasteiger partial charge < -0.3 is 19.7 Å². The molecule has 1 aromatic carbocycles. The number of Topliss-reactive ketones (excluding diaryl/α,β-unsaturated/α-hetero) is 1. The van der Waals surface area contributed by atoms with Crippen molar-refractivity contribution >= 4 is 5.78 Å². The maximum atomic E-state index is 12.8. The number of rotatable bonds is 1. The number of ether oxygens (including phenoxy) is 2. The van der Waals surface area contributed by atoms with Crippen LogP contribution in [0.4, 0.5) is 0 Å². The molecule has 1 aliphatic heterocycles. The highest BCUT2D eigenvalue weighted by molar-refractivity contribution is 5.90. The fraction of sp³-hybridized carbons (Fsp3) is 0.632. The molecular weight excluding hydrogens is 308 g/mol. The molecule has 5 nitrogen and oxygen atoms in total. The van der Waals surface area contributed by atoms with Crippen molar-refractivity contribution in [1.82, 2.24) is 0 Å². The van der Waals surface area contributed by atoms with Gasteiger partial charge in [0.1, 0.15) is 5.60 Å². The second-order valence-electron chi connectivity index (χ2n) is 7.89. The van der Waals surface area contributed by atoms with Crippen LogP contribution in [-0.4, -0.2) is 40.9 Å². The first-order valence-electron chi connectivity index (χ1n) is 8.76. The zero-order valence-corrected chi connectivity index (χ0v) is 13.9. The van der Waals surface area contributed by atoms with Crippen LogP contribution in [0.1, 0.15) is 37.3 Å². The van der Waals surface area contributed by atoms with Gasteiger partial charge in [0.15, 0.2) is 23.4 Å². The van der Waals surface area contributed by atoms with Gasteiger partial charge in [0.05, 0.1) is 18.6 Å². The van der Waals surface area contributed by atoms with Crippen molar-refractivity contribution < 1.29 is 24.5 Å². The summed E-state index contributed by atoms with van der Waals surface area (Å²) in [7, 11) is 1.58. The lowest BCUT2D eigenvalue weighted by Crippen LogP contribution is -2.77. The number of methoxy groups -OCH3 is 1. The Morgan fingerprint density at radius 2 is 2.08 bits per heavy atom. The largest absolute Gasteiger partial charge is 0.493 e. The summed E-state index contributed by atoms with van der Waals surface area (Å²) < 4.78 is 11.6. The molecule has 0 saturated heterocycles. The Hall–Kier alpha value is -1.59. The summed E-state index contributed by atoms with van der Waals surface area (Å²) in [6.45, 7) is 2.08. The van der Waals surface area contributed by atoms with E-state index in [4.69, 9.17) is 9.47 Å². The maximum absolute atomic E-state index is 12.8. The fourth-order valence-corrected chi connectivity index (χ4v) is 6.24. The molecule has 1 spiro atoms. The first-order valence-corrected chi connectivity index (χ1v) is 8.76. The molecular formula is C19H22O5. The van der Waals surface area contributed by atoms with E-state index in [0.717, 1.165) is 24.0 Å². The molecule has 2 fully saturated rings. The van der Waals surface area contributed by atoms with Crippen LogP contribution < -0.4 is 9.47 Å². The van der Waals surface area contributed by atoms with Crippen molar-refractivity contribution in [2.45, 2.75) is 55.8 Å². The summed E-state index contributed by atoms with van der Waals surface area (Å²) in [5, 5.41) is 22.6. The highest BCUT2D eigenvalue weighted by atomic mass is 16.5. The molecule has 0 amide bonds. The fourth-order valence-electron chi connectivity index (χ4n) is 6.24. The second kappa shape index (κ2) is 4.33. The lowest BCUT2D eigenvalue weighted by atomic mass is 9.42. The Balaban J connectivity index is 1.91. The summed E-state index contributed by atoms with van der Waals surface area (Å²) in [4.78, 5) is 12.8. The van der Waals surface area contributed by atoms with Gasteiger partial charge in [0.2, 0.25) is 0 Å². The average Bonchev–Trinajstić information content (AvgIpc) is 2.92. The first kappa shape index (κ1) is 14.7. The topological polar surface area (TPSA) is 76.0 Å². The van der Waals surface area contributed by atoms with E-state index in [1.165, 1.54) is 0 Å². The van der Waals surface area contributed by atoms with Crippen molar-refractivity contribution in [3.63, 3.8) is 0 Å². The van der Waals surface area contributed by atoms with Crippen molar-refractivity contribution in [2.75, 3.05) is 7.11 Å². The van der Waals surface area contributed by atoms with Gasteiger partial charge in [-0.3, -0.25) is 4.79 Å². The Bertz CT molecular complexity index is 758. The van der Waals surface area contributed by atoms with Gasteiger partial charge in [0.25, 0.3) is 0 Å². The molecule has 6 atom stereocenters. The Morgan fingerprint density at radius 3 is 2.83 bits per heavy atom. The van der Waals surface area contributed by atoms with Gasteiger partial charge in [-0.25, -0.2) is 0 Å². The molecule has 5 rings (SSSR count). The van der Waals surface area contributed by atoms with Crippen LogP contribution in [0.3, 0.4) is 0 Å². The monoisotopic (exact) mass is 330 g/mol. The molecule has 3 aliphatic carbocycles. The summed E-state index contributed by atoms with van der Waals surface area (Å²) in [6.07, 6.45) is 0.675. The van der Waals surface area contributed by atoms with Crippen LogP contribution >= 0.6 is 0 Å². The number of hydrogen-bond donors (Lipinski definition) is 2. The number of carbonyl (C=O) groups is 1. The molecule has 2 bridgehead atoms. The van der Waals surface area contributed by atoms with Gasteiger partial charge in [-0.15, -0.1) is 0 Å². The molecule has 5 heteroatoms. The van der Waals surface area contributed by atoms with E-state index in [2.05, 4.69) is 6.92 Å². The normalized spacial score (nSPS) is 44.8. The highest BCUT2D eigenvalue weighted by Crippen LogP contribution is 2.68. The van der Waals surface area contributed by atoms with E-state index >= 15 is 0 Å². The van der Waals surface area contributed by atoms with Gasteiger partial charge in [0, 0.05) is 12.0 Å². The third-order valence-electron chi connectivity index (χ3n) is 7.16. The van der Waals surface area contributed by atoms with Crippen LogP contribution in [0.5, 0.6) is 11.5 Å². The molecule has 2 saturated carbocycles. The number of aliphatic hydroxyl groups excluding tert-OH is 1. The second-order valence-corrected chi connectivity index (χ2v) is 7.89. The molecule has 0 radical (unpaired) electrons. The van der Waals surface area contributed by atoms with Crippen LogP contribution in [-0.2, 0) is 16.6 Å². The third-order valence-corrected chi connectivity index (χ3v) is 7.16. The van der Waals surface area contributed by atoms with Gasteiger partial charge >= 0.3 is 0 Å². The van der Waals surface area contributed by atoms with E-state index in [-0.39, 0.29) is 24.0 Å². The number of ketones is 1. The van der Waals surface area contributed by atoms with Crippen LogP contribution in [0.15, 0.2) is 12.1 Å². The smallest absolute Gasteiger partial charge is 0.177 e. The summed E-state index contributed by atoms with van der Waals surface area (Å²) in [5.74, 6) is 1.07. The molecule has 4 aliphatic rings. The van der Waals surface area contributed by atoms with Crippen LogP contribution in [0.2, 0.25) is 0 Å². The van der Waals surface area contributed by atoms with Crippen molar-refractivity contribution in [1.29, 1.82) is 0 Å². The minimum Gasteiger partial charge on any atom is -0.493 e. The summed E-state index contributed by atoms with van der Waals surface area (Å²) in [6, 6.07) is 3.91. The molecule has 0 aromatic heterocycles. The van der Waals surface area contributed by atoms with Gasteiger partial charge in [-0.2, -0.15) is 0 Å². The first-order chi connectivity index (χ1) is 11.5. The Kier molecular flexibility index (Phi) is 2.65. The van der Waals surface area contributed by atoms with E-state index in [9.17, 15) is 15.0 Å². The lowest BCUT2D eigenvalue weighted by molar-refractivity contribution is -0.232. The van der Waals surface area contributed by atoms with Crippen molar-refractivity contribution in [3.05, 3.63) is 23.3 Å². The molecule has 1 aromatic rings. The predicted octanol–water partition coefficient (Wildman–Crippen LogP) is 1.36. The van der Waals surface area contributed by atoms with Gasteiger partial charge in [-0.1, -0.05) is 13.0 Å². The van der Waals surface area contributed by atoms with Crippen LogP contribution in [0, 0.1) is 11.8 Å². The van der Waals surface area contributed by atoms with E-state index < -0.39 is 23.2 Å². The van der Waals surface area contributed by atoms with Crippen molar-refractivity contribution in [3.8, 4) is 11.5 Å². The van der Waals surface area contributed by atoms with Crippen LogP contribution in [0.25, 0.3) is 0 Å². The average molecular weight is 330 g/mol. The van der Waals surface area contributed by atoms with Crippen molar-refractivity contribution in [2.24, 2.45) is 11.8 Å². The number of hydrogen-bond acceptors (Lipinski definition) is 5.